The van der Waals surface area contributed by atoms with Gasteiger partial charge in [0, 0.05) is 12.7 Å². The van der Waals surface area contributed by atoms with Gasteiger partial charge in [0.2, 0.25) is 0 Å². The van der Waals surface area contributed by atoms with Gasteiger partial charge >= 0.3 is 0 Å². The van der Waals surface area contributed by atoms with Crippen molar-refractivity contribution in [2.24, 2.45) is 0 Å². The van der Waals surface area contributed by atoms with Crippen LogP contribution in [0, 0.1) is 6.92 Å². The molecular formula is C21H19N3O4S3. The first kappa shape index (κ1) is 21.3. The molecular weight excluding hydrogens is 454 g/mol. The van der Waals surface area contributed by atoms with E-state index in [2.05, 4.69) is 10.3 Å². The van der Waals surface area contributed by atoms with E-state index in [1.165, 1.54) is 22.7 Å². The average molecular weight is 474 g/mol. The Balaban J connectivity index is 1.36. The Morgan fingerprint density at radius 1 is 1.16 bits per heavy atom. The largest absolute Gasteiger partial charge is 0.484 e. The average Bonchev–Trinajstić information content (AvgIpc) is 3.41. The molecule has 0 atom stereocenters. The normalized spacial score (nSPS) is 11.4. The lowest BCUT2D eigenvalue weighted by Crippen LogP contribution is -2.25. The molecule has 2 aromatic carbocycles. The van der Waals surface area contributed by atoms with E-state index in [-0.39, 0.29) is 16.7 Å². The number of rotatable bonds is 7. The zero-order chi connectivity index (χ0) is 22.0. The fourth-order valence-corrected chi connectivity index (χ4v) is 6.12. The van der Waals surface area contributed by atoms with E-state index in [0.717, 1.165) is 15.2 Å². The van der Waals surface area contributed by atoms with Crippen molar-refractivity contribution in [3.05, 3.63) is 65.0 Å². The van der Waals surface area contributed by atoms with Gasteiger partial charge in [0.1, 0.15) is 9.96 Å². The maximum absolute atomic E-state index is 12.6. The lowest BCUT2D eigenvalue weighted by molar-refractivity contribution is -0.118. The SMILES string of the molecule is Cc1nc2ccc(NC(=O)COc3ccc(N(C)S(=O)(=O)c4cccs4)cc3)cc2s1. The van der Waals surface area contributed by atoms with Crippen LogP contribution >= 0.6 is 22.7 Å². The summed E-state index contributed by atoms with van der Waals surface area (Å²) in [4.78, 5) is 16.6. The number of aryl methyl sites for hydroxylation is 1. The Labute approximate surface area is 188 Å². The molecule has 0 unspecified atom stereocenters. The smallest absolute Gasteiger partial charge is 0.273 e. The van der Waals surface area contributed by atoms with Crippen molar-refractivity contribution in [1.29, 1.82) is 0 Å². The molecule has 10 heteroatoms. The Bertz CT molecular complexity index is 1310. The Kier molecular flexibility index (Phi) is 5.94. The van der Waals surface area contributed by atoms with Crippen LogP contribution in [0.3, 0.4) is 0 Å². The summed E-state index contributed by atoms with van der Waals surface area (Å²) in [6, 6.07) is 15.4. The number of aromatic nitrogens is 1. The van der Waals surface area contributed by atoms with Crippen LogP contribution < -0.4 is 14.4 Å². The molecule has 0 radical (unpaired) electrons. The van der Waals surface area contributed by atoms with Crippen molar-refractivity contribution >= 4 is 60.2 Å². The van der Waals surface area contributed by atoms with Gasteiger partial charge in [0.05, 0.1) is 20.9 Å². The topological polar surface area (TPSA) is 88.6 Å². The molecule has 2 heterocycles. The third kappa shape index (κ3) is 4.71. The predicted molar refractivity (Wildman–Crippen MR) is 125 cm³/mol. The summed E-state index contributed by atoms with van der Waals surface area (Å²) in [5.74, 6) is 0.177. The third-order valence-corrected chi connectivity index (χ3v) is 8.55. The molecule has 160 valence electrons. The number of sulfonamides is 1. The molecule has 0 saturated heterocycles. The van der Waals surface area contributed by atoms with Crippen molar-refractivity contribution in [3.63, 3.8) is 0 Å². The van der Waals surface area contributed by atoms with Crippen LogP contribution in [-0.2, 0) is 14.8 Å². The first-order valence-corrected chi connectivity index (χ1v) is 12.4. The fraction of sp³-hybridized carbons (Fsp3) is 0.143. The molecule has 4 rings (SSSR count). The number of carbonyl (C=O) groups is 1. The first-order chi connectivity index (χ1) is 14.8. The minimum absolute atomic E-state index is 0.164. The minimum atomic E-state index is -3.59. The lowest BCUT2D eigenvalue weighted by Gasteiger charge is -2.18. The lowest BCUT2D eigenvalue weighted by atomic mass is 10.3. The van der Waals surface area contributed by atoms with E-state index >= 15 is 0 Å². The summed E-state index contributed by atoms with van der Waals surface area (Å²) in [6.07, 6.45) is 0. The molecule has 2 aromatic heterocycles. The third-order valence-electron chi connectivity index (χ3n) is 4.46. The van der Waals surface area contributed by atoms with Crippen LogP contribution in [0.1, 0.15) is 5.01 Å². The van der Waals surface area contributed by atoms with Gasteiger partial charge < -0.3 is 10.1 Å². The maximum atomic E-state index is 12.6. The van der Waals surface area contributed by atoms with Crippen LogP contribution in [0.5, 0.6) is 5.75 Å². The van der Waals surface area contributed by atoms with Crippen molar-refractivity contribution in [2.45, 2.75) is 11.1 Å². The second kappa shape index (κ2) is 8.66. The van der Waals surface area contributed by atoms with Gasteiger partial charge in [-0.25, -0.2) is 13.4 Å². The molecule has 0 bridgehead atoms. The molecule has 0 saturated carbocycles. The number of benzene rings is 2. The monoisotopic (exact) mass is 473 g/mol. The highest BCUT2D eigenvalue weighted by Gasteiger charge is 2.22. The van der Waals surface area contributed by atoms with Crippen molar-refractivity contribution < 1.29 is 17.9 Å². The molecule has 0 aliphatic rings. The number of nitrogens with zero attached hydrogens (tertiary/aromatic N) is 2. The molecule has 1 N–H and O–H groups in total. The fourth-order valence-electron chi connectivity index (χ4n) is 2.90. The zero-order valence-electron chi connectivity index (χ0n) is 16.7. The van der Waals surface area contributed by atoms with Crippen LogP contribution in [0.4, 0.5) is 11.4 Å². The summed E-state index contributed by atoms with van der Waals surface area (Å²) in [5.41, 5.74) is 2.08. The number of carbonyl (C=O) groups excluding carboxylic acids is 1. The highest BCUT2D eigenvalue weighted by molar-refractivity contribution is 7.94. The quantitative estimate of drug-likeness (QED) is 0.427. The van der Waals surface area contributed by atoms with Crippen LogP contribution in [0.2, 0.25) is 0 Å². The molecule has 0 aliphatic carbocycles. The van der Waals surface area contributed by atoms with Crippen molar-refractivity contribution in [1.82, 2.24) is 4.98 Å². The number of thiazole rings is 1. The van der Waals surface area contributed by atoms with Crippen molar-refractivity contribution in [2.75, 3.05) is 23.3 Å². The van der Waals surface area contributed by atoms with Gasteiger partial charge in [-0.1, -0.05) is 6.07 Å². The van der Waals surface area contributed by atoms with Crippen LogP contribution in [0.25, 0.3) is 10.2 Å². The maximum Gasteiger partial charge on any atom is 0.273 e. The number of hydrogen-bond acceptors (Lipinski definition) is 7. The highest BCUT2D eigenvalue weighted by atomic mass is 32.2. The summed E-state index contributed by atoms with van der Waals surface area (Å²) in [6.45, 7) is 1.78. The summed E-state index contributed by atoms with van der Waals surface area (Å²) in [5, 5.41) is 5.50. The van der Waals surface area contributed by atoms with E-state index in [1.807, 2.05) is 19.1 Å². The molecule has 0 fully saturated rings. The Morgan fingerprint density at radius 2 is 1.94 bits per heavy atom. The number of hydrogen-bond donors (Lipinski definition) is 1. The van der Waals surface area contributed by atoms with Gasteiger partial charge in [-0.3, -0.25) is 9.10 Å². The van der Waals surface area contributed by atoms with Crippen LogP contribution in [-0.4, -0.2) is 33.0 Å². The van der Waals surface area contributed by atoms with E-state index < -0.39 is 10.0 Å². The zero-order valence-corrected chi connectivity index (χ0v) is 19.2. The van der Waals surface area contributed by atoms with Gasteiger partial charge in [-0.05, 0) is 60.8 Å². The van der Waals surface area contributed by atoms with Gasteiger partial charge in [0.15, 0.2) is 6.61 Å². The van der Waals surface area contributed by atoms with E-state index in [9.17, 15) is 13.2 Å². The molecule has 31 heavy (non-hydrogen) atoms. The molecule has 7 nitrogen and oxygen atoms in total. The summed E-state index contributed by atoms with van der Waals surface area (Å²) < 4.78 is 33.2. The first-order valence-electron chi connectivity index (χ1n) is 9.25. The van der Waals surface area contributed by atoms with Gasteiger partial charge in [0.25, 0.3) is 15.9 Å². The molecule has 4 aromatic rings. The van der Waals surface area contributed by atoms with E-state index in [4.69, 9.17) is 4.74 Å². The molecule has 1 amide bonds. The molecule has 0 aliphatic heterocycles. The number of nitrogens with one attached hydrogen (secondary N) is 1. The number of ether oxygens (including phenoxy) is 1. The van der Waals surface area contributed by atoms with E-state index in [1.54, 1.807) is 59.2 Å². The van der Waals surface area contributed by atoms with E-state index in [0.29, 0.717) is 17.1 Å². The Morgan fingerprint density at radius 3 is 2.65 bits per heavy atom. The van der Waals surface area contributed by atoms with Gasteiger partial charge in [-0.15, -0.1) is 22.7 Å². The number of fused-ring (bicyclic) bond motifs is 1. The second-order valence-corrected chi connectivity index (χ2v) is 11.0. The second-order valence-electron chi connectivity index (χ2n) is 6.65. The van der Waals surface area contributed by atoms with Gasteiger partial charge in [-0.2, -0.15) is 0 Å². The van der Waals surface area contributed by atoms with Crippen LogP contribution in [0.15, 0.2) is 64.2 Å². The standard InChI is InChI=1S/C21H19N3O4S3/c1-14-22-18-10-5-15(12-19(18)30-14)23-20(25)13-28-17-8-6-16(7-9-17)24(2)31(26,27)21-4-3-11-29-21/h3-12H,13H2,1-2H3,(H,23,25). The predicted octanol–water partition coefficient (Wildman–Crippen LogP) is 4.51. The number of anilines is 2. The number of amides is 1. The number of thiophene rings is 1. The Hall–Kier alpha value is -2.95. The minimum Gasteiger partial charge on any atom is -0.484 e. The molecule has 0 spiro atoms. The highest BCUT2D eigenvalue weighted by Crippen LogP contribution is 2.27. The summed E-state index contributed by atoms with van der Waals surface area (Å²) in [7, 11) is -2.09. The van der Waals surface area contributed by atoms with Crippen molar-refractivity contribution in [3.8, 4) is 5.75 Å². The summed E-state index contributed by atoms with van der Waals surface area (Å²) >= 11 is 2.74.